The first-order valence-corrected chi connectivity index (χ1v) is 10.5. The molecule has 2 aromatic carbocycles. The van der Waals surface area contributed by atoms with Gasteiger partial charge in [0.05, 0.1) is 0 Å². The number of H-pyrrole nitrogens is 1. The van der Waals surface area contributed by atoms with E-state index in [-0.39, 0.29) is 11.8 Å². The molecule has 3 aromatic rings. The molecule has 0 bridgehead atoms. The van der Waals surface area contributed by atoms with E-state index in [1.165, 1.54) is 12.5 Å². The SMILES string of the molecule is CC(=O)NC(Cc1c[nH]c2ccccc12)C(=O)N1CCN(Cc2ccccc2)CC1. The van der Waals surface area contributed by atoms with E-state index < -0.39 is 6.04 Å². The van der Waals surface area contributed by atoms with Gasteiger partial charge in [-0.1, -0.05) is 48.5 Å². The fourth-order valence-electron chi connectivity index (χ4n) is 4.15. The minimum absolute atomic E-state index is 0.00478. The van der Waals surface area contributed by atoms with Gasteiger partial charge in [0.25, 0.3) is 0 Å². The molecule has 4 rings (SSSR count). The van der Waals surface area contributed by atoms with Gasteiger partial charge in [0, 0.05) is 63.2 Å². The van der Waals surface area contributed by atoms with Crippen molar-refractivity contribution in [3.05, 3.63) is 71.9 Å². The van der Waals surface area contributed by atoms with Gasteiger partial charge in [0.1, 0.15) is 6.04 Å². The summed E-state index contributed by atoms with van der Waals surface area (Å²) in [6.07, 6.45) is 2.41. The van der Waals surface area contributed by atoms with Crippen LogP contribution in [0, 0.1) is 0 Å². The van der Waals surface area contributed by atoms with Gasteiger partial charge in [0.2, 0.25) is 11.8 Å². The van der Waals surface area contributed by atoms with Gasteiger partial charge in [0.15, 0.2) is 0 Å². The third-order valence-electron chi connectivity index (χ3n) is 5.71. The maximum absolute atomic E-state index is 13.2. The number of benzene rings is 2. The molecule has 2 N–H and O–H groups in total. The molecule has 0 radical (unpaired) electrons. The Hall–Kier alpha value is -3.12. The number of piperazine rings is 1. The van der Waals surface area contributed by atoms with Crippen LogP contribution < -0.4 is 5.32 Å². The molecule has 1 aliphatic heterocycles. The Labute approximate surface area is 176 Å². The van der Waals surface area contributed by atoms with Crippen LogP contribution in [0.1, 0.15) is 18.1 Å². The summed E-state index contributed by atoms with van der Waals surface area (Å²) < 4.78 is 0. The Morgan fingerprint density at radius 2 is 1.70 bits per heavy atom. The predicted octanol–water partition coefficient (Wildman–Crippen LogP) is 2.56. The maximum Gasteiger partial charge on any atom is 0.245 e. The van der Waals surface area contributed by atoms with E-state index in [1.54, 1.807) is 0 Å². The minimum Gasteiger partial charge on any atom is -0.361 e. The average Bonchev–Trinajstić information content (AvgIpc) is 3.17. The van der Waals surface area contributed by atoms with Gasteiger partial charge in [-0.25, -0.2) is 0 Å². The Morgan fingerprint density at radius 3 is 2.43 bits per heavy atom. The number of fused-ring (bicyclic) bond motifs is 1. The zero-order valence-electron chi connectivity index (χ0n) is 17.3. The van der Waals surface area contributed by atoms with Gasteiger partial charge >= 0.3 is 0 Å². The molecule has 1 saturated heterocycles. The lowest BCUT2D eigenvalue weighted by Gasteiger charge is -2.36. The molecule has 0 aliphatic carbocycles. The number of carbonyl (C=O) groups excluding carboxylic acids is 2. The van der Waals surface area contributed by atoms with Crippen LogP contribution >= 0.6 is 0 Å². The lowest BCUT2D eigenvalue weighted by Crippen LogP contribution is -2.55. The Kier molecular flexibility index (Phi) is 6.14. The number of aromatic nitrogens is 1. The normalized spacial score (nSPS) is 15.8. The molecule has 156 valence electrons. The summed E-state index contributed by atoms with van der Waals surface area (Å²) in [7, 11) is 0. The number of carbonyl (C=O) groups is 2. The smallest absolute Gasteiger partial charge is 0.245 e. The maximum atomic E-state index is 13.2. The highest BCUT2D eigenvalue weighted by Crippen LogP contribution is 2.20. The molecule has 1 aliphatic rings. The third-order valence-corrected chi connectivity index (χ3v) is 5.71. The zero-order chi connectivity index (χ0) is 20.9. The summed E-state index contributed by atoms with van der Waals surface area (Å²) in [6.45, 7) is 5.38. The van der Waals surface area contributed by atoms with Crippen molar-refractivity contribution < 1.29 is 9.59 Å². The van der Waals surface area contributed by atoms with Gasteiger partial charge in [-0.05, 0) is 17.2 Å². The van der Waals surface area contributed by atoms with Crippen LogP contribution in [0.2, 0.25) is 0 Å². The summed E-state index contributed by atoms with van der Waals surface area (Å²) in [6, 6.07) is 17.9. The van der Waals surface area contributed by atoms with E-state index in [9.17, 15) is 9.59 Å². The van der Waals surface area contributed by atoms with Crippen molar-refractivity contribution in [3.63, 3.8) is 0 Å². The van der Waals surface area contributed by atoms with E-state index in [0.717, 1.165) is 36.1 Å². The van der Waals surface area contributed by atoms with Crippen molar-refractivity contribution in [1.82, 2.24) is 20.1 Å². The van der Waals surface area contributed by atoms with Gasteiger partial charge < -0.3 is 15.2 Å². The molecular weight excluding hydrogens is 376 g/mol. The highest BCUT2D eigenvalue weighted by atomic mass is 16.2. The number of rotatable bonds is 6. The van der Waals surface area contributed by atoms with Crippen LogP contribution in [0.5, 0.6) is 0 Å². The molecule has 1 unspecified atom stereocenters. The van der Waals surface area contributed by atoms with Crippen LogP contribution in [0.3, 0.4) is 0 Å². The number of para-hydroxylation sites is 1. The highest BCUT2D eigenvalue weighted by molar-refractivity contribution is 5.89. The largest absolute Gasteiger partial charge is 0.361 e. The second kappa shape index (κ2) is 9.13. The van der Waals surface area contributed by atoms with E-state index in [0.29, 0.717) is 19.5 Å². The number of nitrogens with one attached hydrogen (secondary N) is 2. The first-order valence-electron chi connectivity index (χ1n) is 10.5. The van der Waals surface area contributed by atoms with Crippen LogP contribution in [-0.4, -0.2) is 58.8 Å². The van der Waals surface area contributed by atoms with E-state index in [2.05, 4.69) is 39.5 Å². The lowest BCUT2D eigenvalue weighted by atomic mass is 10.0. The molecule has 1 aromatic heterocycles. The predicted molar refractivity (Wildman–Crippen MR) is 118 cm³/mol. The summed E-state index contributed by atoms with van der Waals surface area (Å²) in [4.78, 5) is 32.5. The lowest BCUT2D eigenvalue weighted by molar-refractivity contribution is -0.137. The second-order valence-electron chi connectivity index (χ2n) is 7.90. The topological polar surface area (TPSA) is 68.4 Å². The molecule has 6 nitrogen and oxygen atoms in total. The zero-order valence-corrected chi connectivity index (χ0v) is 17.3. The summed E-state index contributed by atoms with van der Waals surface area (Å²) in [5.41, 5.74) is 3.36. The van der Waals surface area contributed by atoms with Gasteiger partial charge in [-0.2, -0.15) is 0 Å². The van der Waals surface area contributed by atoms with Gasteiger partial charge in [-0.3, -0.25) is 14.5 Å². The fourth-order valence-corrected chi connectivity index (χ4v) is 4.15. The van der Waals surface area contributed by atoms with Crippen LogP contribution in [0.25, 0.3) is 10.9 Å². The number of nitrogens with zero attached hydrogens (tertiary/aromatic N) is 2. The average molecular weight is 405 g/mol. The van der Waals surface area contributed by atoms with Crippen LogP contribution in [0.15, 0.2) is 60.8 Å². The summed E-state index contributed by atoms with van der Waals surface area (Å²) >= 11 is 0. The molecule has 0 saturated carbocycles. The Balaban J connectivity index is 1.40. The molecular formula is C24H28N4O2. The van der Waals surface area contributed by atoms with Gasteiger partial charge in [-0.15, -0.1) is 0 Å². The molecule has 6 heteroatoms. The van der Waals surface area contributed by atoms with E-state index in [4.69, 9.17) is 0 Å². The quantitative estimate of drug-likeness (QED) is 0.664. The first kappa shape index (κ1) is 20.2. The monoisotopic (exact) mass is 404 g/mol. The molecule has 1 fully saturated rings. The Bertz CT molecular complexity index is 1010. The van der Waals surface area contributed by atoms with Crippen molar-refractivity contribution in [3.8, 4) is 0 Å². The molecule has 2 amide bonds. The van der Waals surface area contributed by atoms with Crippen LogP contribution in [-0.2, 0) is 22.6 Å². The highest BCUT2D eigenvalue weighted by Gasteiger charge is 2.28. The number of hydrogen-bond donors (Lipinski definition) is 2. The fraction of sp³-hybridized carbons (Fsp3) is 0.333. The molecule has 1 atom stereocenters. The van der Waals surface area contributed by atoms with Crippen molar-refractivity contribution in [2.75, 3.05) is 26.2 Å². The standard InChI is InChI=1S/C24H28N4O2/c1-18(29)26-23(15-20-16-25-22-10-6-5-9-21(20)22)24(30)28-13-11-27(12-14-28)17-19-7-3-2-4-8-19/h2-10,16,23,25H,11-15,17H2,1H3,(H,26,29). The van der Waals surface area contributed by atoms with Crippen molar-refractivity contribution in [1.29, 1.82) is 0 Å². The molecule has 0 spiro atoms. The summed E-state index contributed by atoms with van der Waals surface area (Å²) in [5, 5.41) is 3.96. The first-order chi connectivity index (χ1) is 14.6. The van der Waals surface area contributed by atoms with Crippen molar-refractivity contribution >= 4 is 22.7 Å². The number of amides is 2. The molecule has 2 heterocycles. The molecule has 30 heavy (non-hydrogen) atoms. The van der Waals surface area contributed by atoms with E-state index >= 15 is 0 Å². The second-order valence-corrected chi connectivity index (χ2v) is 7.90. The minimum atomic E-state index is -0.553. The van der Waals surface area contributed by atoms with Crippen molar-refractivity contribution in [2.24, 2.45) is 0 Å². The van der Waals surface area contributed by atoms with Crippen LogP contribution in [0.4, 0.5) is 0 Å². The third kappa shape index (κ3) is 4.71. The van der Waals surface area contributed by atoms with Crippen molar-refractivity contribution in [2.45, 2.75) is 25.9 Å². The number of hydrogen-bond acceptors (Lipinski definition) is 3. The Morgan fingerprint density at radius 1 is 1.00 bits per heavy atom. The van der Waals surface area contributed by atoms with E-state index in [1.807, 2.05) is 41.4 Å². The summed E-state index contributed by atoms with van der Waals surface area (Å²) in [5.74, 6) is -0.189. The number of aromatic amines is 1.